The van der Waals surface area contributed by atoms with E-state index in [0.717, 1.165) is 11.8 Å². The van der Waals surface area contributed by atoms with Crippen molar-refractivity contribution >= 4 is 31.9 Å². The molecule has 0 aromatic heterocycles. The van der Waals surface area contributed by atoms with Gasteiger partial charge in [0.2, 0.25) is 0 Å². The van der Waals surface area contributed by atoms with Gasteiger partial charge >= 0.3 is 0 Å². The van der Waals surface area contributed by atoms with Crippen molar-refractivity contribution in [3.05, 3.63) is 68.7 Å². The van der Waals surface area contributed by atoms with Gasteiger partial charge in [-0.15, -0.1) is 0 Å². The number of hydrogen-bond donors (Lipinski definition) is 0. The van der Waals surface area contributed by atoms with Crippen molar-refractivity contribution in [3.8, 4) is 0 Å². The highest BCUT2D eigenvalue weighted by atomic mass is 79.9. The van der Waals surface area contributed by atoms with Crippen molar-refractivity contribution in [2.24, 2.45) is 0 Å². The van der Waals surface area contributed by atoms with E-state index in [-0.39, 0.29) is 0 Å². The molecule has 0 heterocycles. The molecule has 2 aromatic rings. The van der Waals surface area contributed by atoms with E-state index in [4.69, 9.17) is 0 Å². The zero-order valence-corrected chi connectivity index (χ0v) is 13.8. The second-order valence-corrected chi connectivity index (χ2v) is 5.91. The van der Waals surface area contributed by atoms with Gasteiger partial charge in [0.25, 0.3) is 0 Å². The third-order valence-corrected chi connectivity index (χ3v) is 5.07. The van der Waals surface area contributed by atoms with Gasteiger partial charge in [0, 0.05) is 9.80 Å². The number of aryl methyl sites for hydroxylation is 1. The van der Waals surface area contributed by atoms with Crippen molar-refractivity contribution in [3.63, 3.8) is 0 Å². The maximum Gasteiger partial charge on any atom is 0.0286 e. The van der Waals surface area contributed by atoms with E-state index < -0.39 is 0 Å². The molecule has 18 heavy (non-hydrogen) atoms. The average molecular weight is 368 g/mol. The lowest BCUT2D eigenvalue weighted by molar-refractivity contribution is 1.12. The fourth-order valence-electron chi connectivity index (χ4n) is 2.08. The normalized spacial score (nSPS) is 10.7. The summed E-state index contributed by atoms with van der Waals surface area (Å²) < 4.78 is 1.24. The highest BCUT2D eigenvalue weighted by molar-refractivity contribution is 9.10. The van der Waals surface area contributed by atoms with E-state index in [9.17, 15) is 0 Å². The van der Waals surface area contributed by atoms with Crippen LogP contribution in [0.2, 0.25) is 0 Å². The van der Waals surface area contributed by atoms with Crippen LogP contribution in [0.5, 0.6) is 0 Å². The molecular weight excluding hydrogens is 352 g/mol. The van der Waals surface area contributed by atoms with Gasteiger partial charge in [-0.25, -0.2) is 0 Å². The molecule has 2 aromatic carbocycles. The zero-order valence-electron chi connectivity index (χ0n) is 10.6. The molecule has 2 heteroatoms. The molecule has 0 saturated carbocycles. The lowest BCUT2D eigenvalue weighted by Crippen LogP contribution is -1.96. The van der Waals surface area contributed by atoms with Crippen molar-refractivity contribution in [1.82, 2.24) is 0 Å². The van der Waals surface area contributed by atoms with E-state index in [2.05, 4.69) is 82.1 Å². The van der Waals surface area contributed by atoms with Gasteiger partial charge in [-0.3, -0.25) is 0 Å². The van der Waals surface area contributed by atoms with Gasteiger partial charge in [-0.1, -0.05) is 68.3 Å². The maximum atomic E-state index is 3.73. The van der Waals surface area contributed by atoms with Crippen molar-refractivity contribution < 1.29 is 0 Å². The number of alkyl halides is 1. The molecule has 2 rings (SSSR count). The lowest BCUT2D eigenvalue weighted by Gasteiger charge is -2.12. The summed E-state index contributed by atoms with van der Waals surface area (Å²) in [6.07, 6.45) is 0.983. The molecule has 0 nitrogen and oxygen atoms in total. The van der Waals surface area contributed by atoms with E-state index in [1.54, 1.807) is 0 Å². The second-order valence-electron chi connectivity index (χ2n) is 4.56. The Morgan fingerprint density at radius 2 is 1.56 bits per heavy atom. The molecule has 0 fully saturated rings. The Kier molecular flexibility index (Phi) is 4.63. The van der Waals surface area contributed by atoms with E-state index in [1.807, 2.05) is 0 Å². The lowest BCUT2D eigenvalue weighted by atomic mass is 9.98. The molecule has 0 N–H and O–H groups in total. The molecular formula is C16H16Br2. The first-order valence-corrected chi connectivity index (χ1v) is 7.92. The summed E-state index contributed by atoms with van der Waals surface area (Å²) >= 11 is 7.26. The fraction of sp³-hybridized carbons (Fsp3) is 0.250. The molecule has 94 valence electrons. The SMILES string of the molecule is Cc1ccccc1Cc1ccc(CBr)c(C)c1Br. The minimum Gasteiger partial charge on any atom is -0.0876 e. The molecule has 0 aliphatic carbocycles. The van der Waals surface area contributed by atoms with Crippen LogP contribution in [0.25, 0.3) is 0 Å². The van der Waals surface area contributed by atoms with E-state index >= 15 is 0 Å². The van der Waals surface area contributed by atoms with Crippen molar-refractivity contribution in [1.29, 1.82) is 0 Å². The van der Waals surface area contributed by atoms with Crippen LogP contribution in [0.1, 0.15) is 27.8 Å². The fourth-order valence-corrected chi connectivity index (χ4v) is 3.21. The summed E-state index contributed by atoms with van der Waals surface area (Å²) in [7, 11) is 0. The van der Waals surface area contributed by atoms with Crippen LogP contribution in [0.15, 0.2) is 40.9 Å². The van der Waals surface area contributed by atoms with E-state index in [1.165, 1.54) is 32.3 Å². The van der Waals surface area contributed by atoms with Gasteiger partial charge < -0.3 is 0 Å². The highest BCUT2D eigenvalue weighted by Crippen LogP contribution is 2.28. The molecule has 0 aliphatic heterocycles. The van der Waals surface area contributed by atoms with Crippen LogP contribution in [0.3, 0.4) is 0 Å². The predicted molar refractivity (Wildman–Crippen MR) is 85.5 cm³/mol. The Morgan fingerprint density at radius 3 is 2.22 bits per heavy atom. The van der Waals surface area contributed by atoms with Gasteiger partial charge in [0.05, 0.1) is 0 Å². The summed E-state index contributed by atoms with van der Waals surface area (Å²) in [5.74, 6) is 0. The van der Waals surface area contributed by atoms with Crippen LogP contribution < -0.4 is 0 Å². The number of benzene rings is 2. The zero-order chi connectivity index (χ0) is 13.1. The quantitative estimate of drug-likeness (QED) is 0.623. The van der Waals surface area contributed by atoms with Crippen molar-refractivity contribution in [2.75, 3.05) is 0 Å². The number of halogens is 2. The summed E-state index contributed by atoms with van der Waals surface area (Å²) in [5.41, 5.74) is 6.77. The van der Waals surface area contributed by atoms with Gasteiger partial charge in [-0.2, -0.15) is 0 Å². The average Bonchev–Trinajstić information content (AvgIpc) is 2.38. The molecule has 0 bridgehead atoms. The van der Waals surface area contributed by atoms with E-state index in [0.29, 0.717) is 0 Å². The van der Waals surface area contributed by atoms with Crippen LogP contribution in [0, 0.1) is 13.8 Å². The second kappa shape index (κ2) is 6.03. The van der Waals surface area contributed by atoms with Gasteiger partial charge in [0.1, 0.15) is 0 Å². The Morgan fingerprint density at radius 1 is 0.889 bits per heavy atom. The van der Waals surface area contributed by atoms with Crippen LogP contribution in [0.4, 0.5) is 0 Å². The Hall–Kier alpha value is -0.600. The third-order valence-electron chi connectivity index (χ3n) is 3.36. The van der Waals surface area contributed by atoms with Crippen LogP contribution in [-0.2, 0) is 11.8 Å². The Labute approximate surface area is 126 Å². The molecule has 0 spiro atoms. The first-order valence-electron chi connectivity index (χ1n) is 6.00. The van der Waals surface area contributed by atoms with Crippen molar-refractivity contribution in [2.45, 2.75) is 25.6 Å². The predicted octanol–water partition coefficient (Wildman–Crippen LogP) is 5.55. The van der Waals surface area contributed by atoms with Gasteiger partial charge in [0.15, 0.2) is 0 Å². The van der Waals surface area contributed by atoms with Crippen LogP contribution in [-0.4, -0.2) is 0 Å². The maximum absolute atomic E-state index is 3.73. The first kappa shape index (κ1) is 13.8. The monoisotopic (exact) mass is 366 g/mol. The summed E-state index contributed by atoms with van der Waals surface area (Å²) in [6.45, 7) is 4.34. The Balaban J connectivity index is 2.36. The van der Waals surface area contributed by atoms with Crippen LogP contribution >= 0.6 is 31.9 Å². The number of rotatable bonds is 3. The summed E-state index contributed by atoms with van der Waals surface area (Å²) in [6, 6.07) is 13.0. The summed E-state index contributed by atoms with van der Waals surface area (Å²) in [4.78, 5) is 0. The Bertz CT molecular complexity index is 559. The largest absolute Gasteiger partial charge is 0.0876 e. The highest BCUT2D eigenvalue weighted by Gasteiger charge is 2.08. The number of hydrogen-bond acceptors (Lipinski definition) is 0. The molecule has 0 unspecified atom stereocenters. The smallest absolute Gasteiger partial charge is 0.0286 e. The summed E-state index contributed by atoms with van der Waals surface area (Å²) in [5, 5.41) is 0.905. The molecule has 0 amide bonds. The van der Waals surface area contributed by atoms with Gasteiger partial charge in [-0.05, 0) is 48.1 Å². The molecule has 0 radical (unpaired) electrons. The first-order chi connectivity index (χ1) is 8.63. The molecule has 0 aliphatic rings. The third kappa shape index (κ3) is 2.86. The molecule has 0 saturated heterocycles. The molecule has 0 atom stereocenters. The minimum absolute atomic E-state index is 0.905. The standard InChI is InChI=1S/C16H16Br2/c1-11-5-3-4-6-13(11)9-14-7-8-15(10-17)12(2)16(14)18/h3-8H,9-10H2,1-2H3. The topological polar surface area (TPSA) is 0 Å². The minimum atomic E-state index is 0.905.